The molecule has 1 aliphatic rings. The van der Waals surface area contributed by atoms with Gasteiger partial charge in [-0.15, -0.1) is 0 Å². The monoisotopic (exact) mass is 300 g/mol. The van der Waals surface area contributed by atoms with E-state index in [2.05, 4.69) is 17.6 Å². The highest BCUT2D eigenvalue weighted by Crippen LogP contribution is 2.27. The fourth-order valence-electron chi connectivity index (χ4n) is 2.34. The third-order valence-corrected chi connectivity index (χ3v) is 4.38. The van der Waals surface area contributed by atoms with Crippen LogP contribution >= 0.6 is 23.2 Å². The lowest BCUT2D eigenvalue weighted by Crippen LogP contribution is -2.45. The molecule has 1 saturated heterocycles. The van der Waals surface area contributed by atoms with Crippen LogP contribution in [0.3, 0.4) is 0 Å². The van der Waals surface area contributed by atoms with Crippen molar-refractivity contribution < 1.29 is 4.79 Å². The van der Waals surface area contributed by atoms with Crippen LogP contribution in [0.25, 0.3) is 0 Å². The summed E-state index contributed by atoms with van der Waals surface area (Å²) < 4.78 is 0. The van der Waals surface area contributed by atoms with Crippen molar-refractivity contribution in [2.45, 2.75) is 19.8 Å². The Morgan fingerprint density at radius 2 is 2.26 bits per heavy atom. The predicted molar refractivity (Wildman–Crippen MR) is 79.0 cm³/mol. The predicted octanol–water partition coefficient (Wildman–Crippen LogP) is 3.11. The highest BCUT2D eigenvalue weighted by atomic mass is 35.5. The average molecular weight is 301 g/mol. The molecule has 0 aromatic heterocycles. The zero-order valence-corrected chi connectivity index (χ0v) is 12.4. The van der Waals surface area contributed by atoms with Crippen LogP contribution in [0.4, 0.5) is 0 Å². The van der Waals surface area contributed by atoms with Gasteiger partial charge in [0.2, 0.25) is 0 Å². The van der Waals surface area contributed by atoms with Gasteiger partial charge >= 0.3 is 0 Å². The normalized spacial score (nSPS) is 23.1. The Morgan fingerprint density at radius 3 is 2.95 bits per heavy atom. The van der Waals surface area contributed by atoms with E-state index in [-0.39, 0.29) is 11.3 Å². The van der Waals surface area contributed by atoms with Crippen LogP contribution in [0.1, 0.15) is 30.1 Å². The van der Waals surface area contributed by atoms with Gasteiger partial charge in [0.05, 0.1) is 15.6 Å². The summed E-state index contributed by atoms with van der Waals surface area (Å²) in [5, 5.41) is 7.03. The van der Waals surface area contributed by atoms with E-state index >= 15 is 0 Å². The van der Waals surface area contributed by atoms with E-state index in [4.69, 9.17) is 23.2 Å². The van der Waals surface area contributed by atoms with Crippen LogP contribution in [-0.4, -0.2) is 25.5 Å². The van der Waals surface area contributed by atoms with Crippen molar-refractivity contribution in [1.82, 2.24) is 10.6 Å². The molecule has 5 heteroatoms. The summed E-state index contributed by atoms with van der Waals surface area (Å²) in [5.41, 5.74) is 0.542. The third kappa shape index (κ3) is 3.62. The van der Waals surface area contributed by atoms with Crippen LogP contribution in [0, 0.1) is 5.41 Å². The smallest absolute Gasteiger partial charge is 0.252 e. The molecule has 1 aliphatic heterocycles. The summed E-state index contributed by atoms with van der Waals surface area (Å²) in [5.74, 6) is -0.167. The van der Waals surface area contributed by atoms with E-state index in [1.54, 1.807) is 18.2 Å². The average Bonchev–Trinajstić information content (AvgIpc) is 2.40. The molecule has 1 fully saturated rings. The summed E-state index contributed by atoms with van der Waals surface area (Å²) in [6, 6.07) is 5.09. The van der Waals surface area contributed by atoms with Crippen molar-refractivity contribution in [2.75, 3.05) is 19.6 Å². The van der Waals surface area contributed by atoms with Gasteiger partial charge in [-0.25, -0.2) is 0 Å². The highest BCUT2D eigenvalue weighted by molar-refractivity contribution is 6.43. The molecule has 19 heavy (non-hydrogen) atoms. The molecule has 3 nitrogen and oxygen atoms in total. The lowest BCUT2D eigenvalue weighted by atomic mass is 9.83. The minimum Gasteiger partial charge on any atom is -0.351 e. The van der Waals surface area contributed by atoms with Gasteiger partial charge in [-0.3, -0.25) is 4.79 Å². The van der Waals surface area contributed by atoms with Crippen LogP contribution < -0.4 is 10.6 Å². The third-order valence-electron chi connectivity index (χ3n) is 3.56. The highest BCUT2D eigenvalue weighted by Gasteiger charge is 2.27. The molecule has 0 aliphatic carbocycles. The van der Waals surface area contributed by atoms with Crippen LogP contribution in [0.15, 0.2) is 18.2 Å². The molecular formula is C14H18Cl2N2O. The number of rotatable bonds is 3. The zero-order chi connectivity index (χ0) is 13.9. The molecular weight excluding hydrogens is 283 g/mol. The second kappa shape index (κ2) is 6.12. The second-order valence-electron chi connectivity index (χ2n) is 5.38. The van der Waals surface area contributed by atoms with E-state index in [0.29, 0.717) is 22.2 Å². The number of carbonyl (C=O) groups is 1. The number of nitrogens with one attached hydrogen (secondary N) is 2. The summed E-state index contributed by atoms with van der Waals surface area (Å²) in [6.45, 7) is 4.81. The number of halogens is 2. The fourth-order valence-corrected chi connectivity index (χ4v) is 2.72. The van der Waals surface area contributed by atoms with Crippen molar-refractivity contribution in [3.63, 3.8) is 0 Å². The van der Waals surface area contributed by atoms with Crippen molar-refractivity contribution in [3.8, 4) is 0 Å². The molecule has 2 N–H and O–H groups in total. The minimum atomic E-state index is -0.167. The van der Waals surface area contributed by atoms with Gasteiger partial charge < -0.3 is 10.6 Å². The summed E-state index contributed by atoms with van der Waals surface area (Å²) >= 11 is 12.0. The Bertz CT molecular complexity index is 471. The number of hydrogen-bond donors (Lipinski definition) is 2. The zero-order valence-electron chi connectivity index (χ0n) is 10.9. The number of carbonyl (C=O) groups excluding carboxylic acids is 1. The minimum absolute atomic E-state index is 0.110. The first-order valence-electron chi connectivity index (χ1n) is 6.45. The van der Waals surface area contributed by atoms with Crippen molar-refractivity contribution >= 4 is 29.1 Å². The molecule has 0 bridgehead atoms. The molecule has 1 atom stereocenters. The van der Waals surface area contributed by atoms with Gasteiger partial charge in [-0.05, 0) is 36.9 Å². The summed E-state index contributed by atoms with van der Waals surface area (Å²) in [7, 11) is 0. The van der Waals surface area contributed by atoms with Crippen molar-refractivity contribution in [2.24, 2.45) is 5.41 Å². The Hall–Kier alpha value is -0.770. The van der Waals surface area contributed by atoms with Crippen molar-refractivity contribution in [3.05, 3.63) is 33.8 Å². The van der Waals surface area contributed by atoms with Crippen LogP contribution in [-0.2, 0) is 0 Å². The van der Waals surface area contributed by atoms with E-state index in [1.165, 1.54) is 0 Å². The number of benzene rings is 1. The number of amides is 1. The first-order valence-corrected chi connectivity index (χ1v) is 7.20. The van der Waals surface area contributed by atoms with Gasteiger partial charge in [0.25, 0.3) is 5.91 Å². The number of piperidine rings is 1. The first kappa shape index (κ1) is 14.6. The molecule has 0 saturated carbocycles. The SMILES string of the molecule is CC1(CNC(=O)c2cccc(Cl)c2Cl)CCCNC1. The van der Waals surface area contributed by atoms with E-state index in [9.17, 15) is 4.79 Å². The first-order chi connectivity index (χ1) is 9.02. The Labute approximate surface area is 123 Å². The largest absolute Gasteiger partial charge is 0.351 e. The molecule has 0 spiro atoms. The van der Waals surface area contributed by atoms with Crippen LogP contribution in [0.5, 0.6) is 0 Å². The standard InChI is InChI=1S/C14H18Cl2N2O/c1-14(6-3-7-17-8-14)9-18-13(19)10-4-2-5-11(15)12(10)16/h2,4-5,17H,3,6-9H2,1H3,(H,18,19). The Balaban J connectivity index is 1.99. The van der Waals surface area contributed by atoms with Gasteiger partial charge in [0.1, 0.15) is 0 Å². The number of hydrogen-bond acceptors (Lipinski definition) is 2. The van der Waals surface area contributed by atoms with Gasteiger partial charge in [-0.2, -0.15) is 0 Å². The molecule has 0 radical (unpaired) electrons. The maximum Gasteiger partial charge on any atom is 0.252 e. The summed E-state index contributed by atoms with van der Waals surface area (Å²) in [4.78, 5) is 12.1. The molecule has 1 aromatic carbocycles. The molecule has 1 heterocycles. The topological polar surface area (TPSA) is 41.1 Å². The molecule has 1 unspecified atom stereocenters. The molecule has 1 amide bonds. The van der Waals surface area contributed by atoms with Crippen LogP contribution in [0.2, 0.25) is 10.0 Å². The van der Waals surface area contributed by atoms with E-state index < -0.39 is 0 Å². The van der Waals surface area contributed by atoms with E-state index in [0.717, 1.165) is 25.9 Å². The van der Waals surface area contributed by atoms with Gasteiger partial charge in [0, 0.05) is 13.1 Å². The lowest BCUT2D eigenvalue weighted by molar-refractivity contribution is 0.0925. The van der Waals surface area contributed by atoms with E-state index in [1.807, 2.05) is 0 Å². The van der Waals surface area contributed by atoms with Crippen molar-refractivity contribution in [1.29, 1.82) is 0 Å². The lowest BCUT2D eigenvalue weighted by Gasteiger charge is -2.34. The molecule has 2 rings (SSSR count). The molecule has 104 valence electrons. The molecule has 1 aromatic rings. The Morgan fingerprint density at radius 1 is 1.47 bits per heavy atom. The van der Waals surface area contributed by atoms with Gasteiger partial charge in [-0.1, -0.05) is 36.2 Å². The quantitative estimate of drug-likeness (QED) is 0.900. The second-order valence-corrected chi connectivity index (χ2v) is 6.16. The maximum atomic E-state index is 12.1. The Kier molecular flexibility index (Phi) is 4.71. The fraction of sp³-hybridized carbons (Fsp3) is 0.500. The summed E-state index contributed by atoms with van der Waals surface area (Å²) in [6.07, 6.45) is 2.26. The maximum absolute atomic E-state index is 12.1. The van der Waals surface area contributed by atoms with Gasteiger partial charge in [0.15, 0.2) is 0 Å².